The smallest absolute Gasteiger partial charge is 0.253 e. The maximum Gasteiger partial charge on any atom is 0.253 e. The fraction of sp³-hybridized carbons (Fsp3) is 0.967. The summed E-state index contributed by atoms with van der Waals surface area (Å²) in [7, 11) is 0. The maximum atomic E-state index is 12.9. The van der Waals surface area contributed by atoms with Gasteiger partial charge in [-0.1, -0.05) is 0 Å². The van der Waals surface area contributed by atoms with E-state index < -0.39 is 140 Å². The number of nitrogens with one attached hydrogen (secondary N) is 2. The lowest BCUT2D eigenvalue weighted by molar-refractivity contribution is -0.308. The molecule has 5 fully saturated rings. The van der Waals surface area contributed by atoms with Crippen molar-refractivity contribution < 1.29 is 74.1 Å². The van der Waals surface area contributed by atoms with E-state index in [1.807, 2.05) is 0 Å². The number of aliphatic hydroxyl groups excluding tert-OH is 7. The Kier molecular flexibility index (Phi) is 14.4. The molecular weight excluding hydrogens is 712 g/mol. The number of aliphatic hydroxyl groups is 8. The number of amides is 1. The van der Waals surface area contributed by atoms with Gasteiger partial charge in [0.05, 0.1) is 24.7 Å². The van der Waals surface area contributed by atoms with Crippen molar-refractivity contribution in [2.24, 2.45) is 34.4 Å². The van der Waals surface area contributed by atoms with E-state index in [1.54, 1.807) is 0 Å². The zero-order valence-corrected chi connectivity index (χ0v) is 29.1. The van der Waals surface area contributed by atoms with Gasteiger partial charge < -0.3 is 114 Å². The molecule has 5 aliphatic rings. The number of hydrogen-bond donors (Lipinski definition) is 16. The van der Waals surface area contributed by atoms with Crippen molar-refractivity contribution in [2.45, 2.75) is 147 Å². The Hall–Kier alpha value is -1.37. The number of hydrogen-bond acceptors (Lipinski definition) is 22. The Balaban J connectivity index is 1.36. The fourth-order valence-electron chi connectivity index (χ4n) is 7.13. The van der Waals surface area contributed by atoms with E-state index >= 15 is 0 Å². The number of ether oxygens (including phenoxy) is 6. The molecule has 2 saturated carbocycles. The Bertz CT molecular complexity index is 1200. The summed E-state index contributed by atoms with van der Waals surface area (Å²) in [4.78, 5) is 12.9. The lowest BCUT2D eigenvalue weighted by Gasteiger charge is -2.48. The fourth-order valence-corrected chi connectivity index (χ4v) is 7.13. The van der Waals surface area contributed by atoms with Crippen LogP contribution in [0.2, 0.25) is 0 Å². The molecular formula is C30H58N8O15. The van der Waals surface area contributed by atoms with Crippen molar-refractivity contribution in [2.75, 3.05) is 32.8 Å². The summed E-state index contributed by atoms with van der Waals surface area (Å²) in [5, 5.41) is 91.5. The summed E-state index contributed by atoms with van der Waals surface area (Å²) < 4.78 is 35.6. The second-order valence-electron chi connectivity index (χ2n) is 14.5. The van der Waals surface area contributed by atoms with E-state index in [-0.39, 0.29) is 25.9 Å². The van der Waals surface area contributed by atoms with Gasteiger partial charge in [0.1, 0.15) is 73.2 Å². The zero-order chi connectivity index (χ0) is 38.9. The maximum absolute atomic E-state index is 12.9. The van der Waals surface area contributed by atoms with Crippen LogP contribution in [-0.4, -0.2) is 207 Å². The summed E-state index contributed by atoms with van der Waals surface area (Å²) >= 11 is 0. The minimum Gasteiger partial charge on any atom is -0.394 e. The summed E-state index contributed by atoms with van der Waals surface area (Å²) in [6, 6.07) is -5.65. The molecule has 3 heterocycles. The van der Waals surface area contributed by atoms with Crippen molar-refractivity contribution in [1.29, 1.82) is 0 Å². The summed E-state index contributed by atoms with van der Waals surface area (Å²) in [5.41, 5.74) is 33.9. The molecule has 1 amide bonds. The van der Waals surface area contributed by atoms with Crippen molar-refractivity contribution in [3.63, 3.8) is 0 Å². The first-order valence-electron chi connectivity index (χ1n) is 17.9. The SMILES string of the molecule is NCCCNC[C@H]1O[C@H](O[C@H]2[C@H](O[C@@H]3O[C@H](CO)[C@@H](O[C@H]4O[C@@H](CN)[C@@H](O)[C@H](O)[C@H]4N)[C@H]3O)[C@@H](O)[C@H](NC(=O)C3(O)CC3N)C[C@@H]2N)[C@H](N)[C@@H](O)[C@@H]1O. The number of carbonyl (C=O) groups is 1. The second kappa shape index (κ2) is 17.8. The first-order valence-corrected chi connectivity index (χ1v) is 17.9. The third-order valence-corrected chi connectivity index (χ3v) is 10.7. The lowest BCUT2D eigenvalue weighted by Crippen LogP contribution is -2.69. The monoisotopic (exact) mass is 770 g/mol. The van der Waals surface area contributed by atoms with E-state index in [4.69, 9.17) is 62.8 Å². The van der Waals surface area contributed by atoms with Gasteiger partial charge >= 0.3 is 0 Å². The Morgan fingerprint density at radius 1 is 0.736 bits per heavy atom. The van der Waals surface area contributed by atoms with Gasteiger partial charge in [0.2, 0.25) is 0 Å². The third-order valence-electron chi connectivity index (χ3n) is 10.7. The standard InChI is InChI=1S/C30H58N8O15/c31-2-1-3-37-7-12-19(42)21(44)16(36)27(49-12)51-23-9(33)4-10(38-29(46)30(47)5-14(30)34)17(40)25(23)53-28-22(45)24(13(8-39)50-28)52-26-15(35)20(43)18(41)11(6-32)48-26/h9-28,37,39-45,47H,1-8,31-36H2,(H,38,46)/t9-,10+,11-,12+,13+,14?,15+,16+,17-,18+,19+,20+,21+,22+,23+,24+,25+,26+,27+,28-,30?/m0/s1. The quantitative estimate of drug-likeness (QED) is 0.0687. The Labute approximate surface area is 305 Å². The van der Waals surface area contributed by atoms with Crippen molar-refractivity contribution in [3.8, 4) is 0 Å². The Morgan fingerprint density at radius 2 is 1.28 bits per heavy atom. The minimum atomic E-state index is -1.85. The van der Waals surface area contributed by atoms with Crippen LogP contribution in [0.1, 0.15) is 19.3 Å². The highest BCUT2D eigenvalue weighted by atomic mass is 16.8. The van der Waals surface area contributed by atoms with Crippen LogP contribution in [0.4, 0.5) is 0 Å². The predicted molar refractivity (Wildman–Crippen MR) is 177 cm³/mol. The van der Waals surface area contributed by atoms with Crippen LogP contribution in [0.3, 0.4) is 0 Å². The largest absolute Gasteiger partial charge is 0.394 e. The van der Waals surface area contributed by atoms with Gasteiger partial charge in [0.25, 0.3) is 5.91 Å². The number of nitrogens with two attached hydrogens (primary N) is 6. The minimum absolute atomic E-state index is 0.00484. The van der Waals surface area contributed by atoms with Gasteiger partial charge in [-0.15, -0.1) is 0 Å². The highest BCUT2D eigenvalue weighted by Gasteiger charge is 2.59. The van der Waals surface area contributed by atoms with Crippen molar-refractivity contribution in [3.05, 3.63) is 0 Å². The van der Waals surface area contributed by atoms with Crippen LogP contribution in [0.15, 0.2) is 0 Å². The van der Waals surface area contributed by atoms with Crippen molar-refractivity contribution >= 4 is 5.91 Å². The van der Waals surface area contributed by atoms with Crippen LogP contribution in [0.25, 0.3) is 0 Å². The van der Waals surface area contributed by atoms with Gasteiger partial charge in [-0.25, -0.2) is 0 Å². The molecule has 2 aliphatic carbocycles. The average molecular weight is 771 g/mol. The molecule has 0 radical (unpaired) electrons. The molecule has 0 aromatic rings. The second-order valence-corrected chi connectivity index (χ2v) is 14.5. The molecule has 0 aromatic carbocycles. The van der Waals surface area contributed by atoms with Crippen LogP contribution in [0, 0.1) is 0 Å². The van der Waals surface area contributed by atoms with Gasteiger partial charge in [0.15, 0.2) is 24.5 Å². The Morgan fingerprint density at radius 3 is 1.85 bits per heavy atom. The molecule has 3 aliphatic heterocycles. The highest BCUT2D eigenvalue weighted by Crippen LogP contribution is 2.37. The van der Waals surface area contributed by atoms with Gasteiger partial charge in [-0.3, -0.25) is 4.79 Å². The molecule has 308 valence electrons. The predicted octanol–water partition coefficient (Wildman–Crippen LogP) is -10.3. The van der Waals surface area contributed by atoms with E-state index in [2.05, 4.69) is 10.6 Å². The first kappa shape index (κ1) is 42.8. The number of carbonyl (C=O) groups excluding carboxylic acids is 1. The summed E-state index contributed by atoms with van der Waals surface area (Å²) in [6.45, 7) is 0.0858. The van der Waals surface area contributed by atoms with Crippen LogP contribution >= 0.6 is 0 Å². The number of rotatable bonds is 15. The van der Waals surface area contributed by atoms with Gasteiger partial charge in [-0.05, 0) is 25.9 Å². The van der Waals surface area contributed by atoms with Gasteiger partial charge in [-0.2, -0.15) is 0 Å². The molecule has 23 nitrogen and oxygen atoms in total. The molecule has 23 heteroatoms. The molecule has 0 spiro atoms. The lowest BCUT2D eigenvalue weighted by atomic mass is 9.83. The van der Waals surface area contributed by atoms with Crippen molar-refractivity contribution in [1.82, 2.24) is 10.6 Å². The molecule has 0 aromatic heterocycles. The average Bonchev–Trinajstić information content (AvgIpc) is 3.66. The molecule has 0 bridgehead atoms. The molecule has 22 N–H and O–H groups in total. The summed E-state index contributed by atoms with van der Waals surface area (Å²) in [5.74, 6) is -0.850. The normalized spacial score (nSPS) is 50.2. The van der Waals surface area contributed by atoms with E-state index in [0.29, 0.717) is 19.5 Å². The molecule has 21 atom stereocenters. The highest BCUT2D eigenvalue weighted by molar-refractivity contribution is 5.89. The molecule has 53 heavy (non-hydrogen) atoms. The van der Waals surface area contributed by atoms with E-state index in [9.17, 15) is 45.6 Å². The molecule has 3 saturated heterocycles. The topological polar surface area (TPSA) is 414 Å². The summed E-state index contributed by atoms with van der Waals surface area (Å²) in [6.07, 6.45) is -20.9. The first-order chi connectivity index (χ1) is 25.1. The molecule has 5 rings (SSSR count). The van der Waals surface area contributed by atoms with Crippen LogP contribution in [-0.2, 0) is 33.2 Å². The van der Waals surface area contributed by atoms with E-state index in [0.717, 1.165) is 0 Å². The molecule has 2 unspecified atom stereocenters. The van der Waals surface area contributed by atoms with Crippen LogP contribution < -0.4 is 45.0 Å². The van der Waals surface area contributed by atoms with Gasteiger partial charge in [0, 0.05) is 31.6 Å². The zero-order valence-electron chi connectivity index (χ0n) is 29.1. The van der Waals surface area contributed by atoms with Crippen LogP contribution in [0.5, 0.6) is 0 Å². The third kappa shape index (κ3) is 8.96. The van der Waals surface area contributed by atoms with E-state index in [1.165, 1.54) is 0 Å².